The van der Waals surface area contributed by atoms with Crippen molar-refractivity contribution in [1.82, 2.24) is 4.98 Å². The van der Waals surface area contributed by atoms with Crippen LogP contribution < -0.4 is 5.73 Å². The Morgan fingerprint density at radius 3 is 3.14 bits per heavy atom. The van der Waals surface area contributed by atoms with Crippen LogP contribution in [0.25, 0.3) is 10.9 Å². The second kappa shape index (κ2) is 2.85. The second-order valence-corrected chi connectivity index (χ2v) is 4.15. The number of hydrogen-bond donors (Lipinski definition) is 2. The molecule has 3 rings (SSSR count). The number of rotatable bonds is 0. The number of benzene rings is 1. The highest BCUT2D eigenvalue weighted by Crippen LogP contribution is 2.27. The van der Waals surface area contributed by atoms with Crippen molar-refractivity contribution in [2.45, 2.75) is 25.3 Å². The quantitative estimate of drug-likeness (QED) is 0.649. The zero-order chi connectivity index (χ0) is 9.54. The van der Waals surface area contributed by atoms with E-state index in [4.69, 9.17) is 5.73 Å². The molecule has 2 nitrogen and oxygen atoms in total. The van der Waals surface area contributed by atoms with Gasteiger partial charge in [-0.3, -0.25) is 0 Å². The molecule has 0 aliphatic heterocycles. The van der Waals surface area contributed by atoms with E-state index in [2.05, 4.69) is 23.2 Å². The maximum Gasteiger partial charge on any atom is 0.0489 e. The molecule has 0 fully saturated rings. The maximum atomic E-state index is 5.96. The average molecular weight is 186 g/mol. The van der Waals surface area contributed by atoms with Crippen LogP contribution in [0.3, 0.4) is 0 Å². The van der Waals surface area contributed by atoms with Crippen LogP contribution in [0.5, 0.6) is 0 Å². The van der Waals surface area contributed by atoms with Crippen molar-refractivity contribution in [1.29, 1.82) is 0 Å². The lowest BCUT2D eigenvalue weighted by Crippen LogP contribution is -2.27. The van der Waals surface area contributed by atoms with Gasteiger partial charge in [0.2, 0.25) is 0 Å². The fourth-order valence-electron chi connectivity index (χ4n) is 2.42. The van der Waals surface area contributed by atoms with Crippen LogP contribution in [0, 0.1) is 0 Å². The first-order valence-corrected chi connectivity index (χ1v) is 5.18. The summed E-state index contributed by atoms with van der Waals surface area (Å²) >= 11 is 0. The minimum Gasteiger partial charge on any atom is -0.361 e. The molecule has 0 radical (unpaired) electrons. The third-order valence-corrected chi connectivity index (χ3v) is 3.18. The number of aryl methyl sites for hydroxylation is 1. The van der Waals surface area contributed by atoms with Crippen LogP contribution in [0.2, 0.25) is 0 Å². The predicted molar refractivity (Wildman–Crippen MR) is 58.3 cm³/mol. The van der Waals surface area contributed by atoms with Crippen molar-refractivity contribution < 1.29 is 0 Å². The second-order valence-electron chi connectivity index (χ2n) is 4.15. The van der Waals surface area contributed by atoms with E-state index >= 15 is 0 Å². The smallest absolute Gasteiger partial charge is 0.0489 e. The fraction of sp³-hybridized carbons (Fsp3) is 0.333. The van der Waals surface area contributed by atoms with Gasteiger partial charge in [0.25, 0.3) is 0 Å². The standard InChI is InChI=1S/C12H14N2/c13-10-3-4-11-9(7-10)2-1-8-5-6-14-12(8)11/h1-2,5-6,10,14H,3-4,7,13H2. The summed E-state index contributed by atoms with van der Waals surface area (Å²) < 4.78 is 0. The molecule has 14 heavy (non-hydrogen) atoms. The van der Waals surface area contributed by atoms with E-state index < -0.39 is 0 Å². The van der Waals surface area contributed by atoms with Crippen molar-refractivity contribution in [2.24, 2.45) is 5.73 Å². The Bertz CT molecular complexity index is 470. The Hall–Kier alpha value is -1.28. The van der Waals surface area contributed by atoms with Gasteiger partial charge in [-0.2, -0.15) is 0 Å². The molecule has 0 spiro atoms. The summed E-state index contributed by atoms with van der Waals surface area (Å²) in [7, 11) is 0. The van der Waals surface area contributed by atoms with Crippen LogP contribution in [0.4, 0.5) is 0 Å². The molecule has 1 unspecified atom stereocenters. The minimum absolute atomic E-state index is 0.356. The molecule has 1 aliphatic rings. The number of aromatic nitrogens is 1. The third-order valence-electron chi connectivity index (χ3n) is 3.18. The highest BCUT2D eigenvalue weighted by atomic mass is 14.7. The molecule has 1 aromatic heterocycles. The minimum atomic E-state index is 0.356. The predicted octanol–water partition coefficient (Wildman–Crippen LogP) is 1.98. The molecule has 1 aromatic carbocycles. The Morgan fingerprint density at radius 2 is 2.21 bits per heavy atom. The monoisotopic (exact) mass is 186 g/mol. The van der Waals surface area contributed by atoms with Crippen LogP contribution in [0.15, 0.2) is 24.4 Å². The van der Waals surface area contributed by atoms with Gasteiger partial charge in [0.1, 0.15) is 0 Å². The summed E-state index contributed by atoms with van der Waals surface area (Å²) in [6.07, 6.45) is 5.28. The molecular weight excluding hydrogens is 172 g/mol. The summed E-state index contributed by atoms with van der Waals surface area (Å²) in [6, 6.07) is 6.90. The van der Waals surface area contributed by atoms with Crippen molar-refractivity contribution >= 4 is 10.9 Å². The summed E-state index contributed by atoms with van der Waals surface area (Å²) in [5.41, 5.74) is 10.2. The SMILES string of the molecule is NC1CCc2c(ccc3cc[nH]c23)C1. The van der Waals surface area contributed by atoms with E-state index in [1.54, 1.807) is 0 Å². The lowest BCUT2D eigenvalue weighted by Gasteiger charge is -2.21. The first kappa shape index (κ1) is 8.06. The van der Waals surface area contributed by atoms with E-state index in [0.717, 1.165) is 19.3 Å². The number of fused-ring (bicyclic) bond motifs is 3. The largest absolute Gasteiger partial charge is 0.361 e. The molecule has 72 valence electrons. The molecule has 3 N–H and O–H groups in total. The number of nitrogens with one attached hydrogen (secondary N) is 1. The third kappa shape index (κ3) is 1.07. The van der Waals surface area contributed by atoms with Crippen molar-refractivity contribution in [3.05, 3.63) is 35.5 Å². The van der Waals surface area contributed by atoms with E-state index in [1.807, 2.05) is 6.20 Å². The molecule has 1 atom stereocenters. The molecule has 2 heteroatoms. The van der Waals surface area contributed by atoms with Gasteiger partial charge in [-0.25, -0.2) is 0 Å². The van der Waals surface area contributed by atoms with Crippen LogP contribution >= 0.6 is 0 Å². The maximum absolute atomic E-state index is 5.96. The van der Waals surface area contributed by atoms with Gasteiger partial charge in [-0.05, 0) is 41.8 Å². The number of hydrogen-bond acceptors (Lipinski definition) is 1. The first-order chi connectivity index (χ1) is 6.84. The summed E-state index contributed by atoms with van der Waals surface area (Å²) in [4.78, 5) is 3.32. The average Bonchev–Trinajstić information content (AvgIpc) is 2.65. The number of aromatic amines is 1. The lowest BCUT2D eigenvalue weighted by atomic mass is 9.87. The Labute approximate surface area is 83.1 Å². The van der Waals surface area contributed by atoms with Crippen molar-refractivity contribution in [3.8, 4) is 0 Å². The van der Waals surface area contributed by atoms with Crippen molar-refractivity contribution in [2.75, 3.05) is 0 Å². The summed E-state index contributed by atoms with van der Waals surface area (Å²) in [5, 5.41) is 1.32. The highest BCUT2D eigenvalue weighted by Gasteiger charge is 2.17. The Kier molecular flexibility index (Phi) is 1.64. The molecule has 0 saturated heterocycles. The zero-order valence-corrected chi connectivity index (χ0v) is 8.09. The normalized spacial score (nSPS) is 21.1. The zero-order valence-electron chi connectivity index (χ0n) is 8.09. The van der Waals surface area contributed by atoms with Gasteiger partial charge in [0, 0.05) is 17.8 Å². The first-order valence-electron chi connectivity index (χ1n) is 5.18. The van der Waals surface area contributed by atoms with Gasteiger partial charge in [0.15, 0.2) is 0 Å². The van der Waals surface area contributed by atoms with Crippen molar-refractivity contribution in [3.63, 3.8) is 0 Å². The topological polar surface area (TPSA) is 41.8 Å². The summed E-state index contributed by atoms with van der Waals surface area (Å²) in [6.45, 7) is 0. The molecular formula is C12H14N2. The van der Waals surface area contributed by atoms with Gasteiger partial charge >= 0.3 is 0 Å². The molecule has 1 aliphatic carbocycles. The van der Waals surface area contributed by atoms with E-state index in [9.17, 15) is 0 Å². The summed E-state index contributed by atoms with van der Waals surface area (Å²) in [5.74, 6) is 0. The van der Waals surface area contributed by atoms with Gasteiger partial charge < -0.3 is 10.7 Å². The highest BCUT2D eigenvalue weighted by molar-refractivity contribution is 5.84. The fourth-order valence-corrected chi connectivity index (χ4v) is 2.42. The van der Waals surface area contributed by atoms with E-state index in [0.29, 0.717) is 6.04 Å². The van der Waals surface area contributed by atoms with Crippen LogP contribution in [-0.2, 0) is 12.8 Å². The lowest BCUT2D eigenvalue weighted by molar-refractivity contribution is 0.579. The molecule has 1 heterocycles. The van der Waals surface area contributed by atoms with Crippen LogP contribution in [0.1, 0.15) is 17.5 Å². The van der Waals surface area contributed by atoms with Crippen LogP contribution in [-0.4, -0.2) is 11.0 Å². The van der Waals surface area contributed by atoms with E-state index in [-0.39, 0.29) is 0 Å². The molecule has 0 bridgehead atoms. The molecule has 0 saturated carbocycles. The Balaban J connectivity index is 2.24. The number of H-pyrrole nitrogens is 1. The number of nitrogens with two attached hydrogens (primary N) is 1. The van der Waals surface area contributed by atoms with Gasteiger partial charge in [-0.1, -0.05) is 12.1 Å². The molecule has 0 amide bonds. The van der Waals surface area contributed by atoms with E-state index in [1.165, 1.54) is 22.0 Å². The van der Waals surface area contributed by atoms with Gasteiger partial charge in [-0.15, -0.1) is 0 Å². The Morgan fingerprint density at radius 1 is 1.29 bits per heavy atom. The molecule has 2 aromatic rings. The van der Waals surface area contributed by atoms with Gasteiger partial charge in [0.05, 0.1) is 0 Å².